The summed E-state index contributed by atoms with van der Waals surface area (Å²) in [7, 11) is 7.31. The number of hydrogen-bond donors (Lipinski definition) is 1. The van der Waals surface area contributed by atoms with Gasteiger partial charge in [0.05, 0.1) is 46.0 Å². The number of quaternary nitrogens is 1. The molecule has 0 fully saturated rings. The van der Waals surface area contributed by atoms with Crippen molar-refractivity contribution in [2.24, 2.45) is 0 Å². The second-order valence-corrected chi connectivity index (χ2v) is 12.4. The van der Waals surface area contributed by atoms with Gasteiger partial charge in [-0.2, -0.15) is 0 Å². The smallest absolute Gasteiger partial charge is 0.201 e. The van der Waals surface area contributed by atoms with Gasteiger partial charge in [-0.25, -0.2) is 0 Å². The molecule has 0 saturated carbocycles. The van der Waals surface area contributed by atoms with E-state index in [1.807, 2.05) is 0 Å². The zero-order valence-corrected chi connectivity index (χ0v) is 26.2. The number of unbranched alkanes of at least 4 members (excludes halogenated alkanes) is 13. The van der Waals surface area contributed by atoms with Gasteiger partial charge in [-0.15, -0.1) is 0 Å². The minimum atomic E-state index is -0.408. The molecule has 6 nitrogen and oxygen atoms in total. The van der Waals surface area contributed by atoms with E-state index >= 15 is 0 Å². The van der Waals surface area contributed by atoms with Crippen LogP contribution in [0, 0.1) is 0 Å². The Morgan fingerprint density at radius 1 is 0.659 bits per heavy atom. The first kappa shape index (κ1) is 32.7. The predicted molar refractivity (Wildman–Crippen MR) is 166 cm³/mol. The Balaban J connectivity index is 1.47. The lowest BCUT2D eigenvalue weighted by Crippen LogP contribution is -2.39. The number of benzene rings is 2. The standard InChI is InChI=1S/C35H51NO5/c1-6-7-8-9-10-11-12-13-14-15-16-17-18-19-20-36(2,3)25-26-21-28-32(30(37)22-26)35(39)33-29(34(28)38)23-27(40-4)24-31(33)41-5/h21-24H,6-20,25H2,1-5H3/p+1. The molecule has 0 saturated heterocycles. The molecule has 2 aromatic carbocycles. The van der Waals surface area contributed by atoms with E-state index in [1.54, 1.807) is 24.3 Å². The maximum absolute atomic E-state index is 13.5. The van der Waals surface area contributed by atoms with Gasteiger partial charge in [-0.1, -0.05) is 84.0 Å². The van der Waals surface area contributed by atoms with E-state index in [1.165, 1.54) is 97.7 Å². The summed E-state index contributed by atoms with van der Waals surface area (Å²) in [6, 6.07) is 6.56. The maximum Gasteiger partial charge on any atom is 0.201 e. The SMILES string of the molecule is CCCCCCCCCCCCCCCC[N+](C)(C)Cc1cc(O)c2c(c1)C(=O)c1cc(OC)cc(OC)c1C2=O. The molecule has 0 unspecified atom stereocenters. The molecule has 0 aromatic heterocycles. The quantitative estimate of drug-likeness (QED) is 0.117. The maximum atomic E-state index is 13.5. The molecule has 1 N–H and O–H groups in total. The van der Waals surface area contributed by atoms with Crippen LogP contribution in [0.4, 0.5) is 0 Å². The van der Waals surface area contributed by atoms with Gasteiger partial charge in [-0.05, 0) is 31.0 Å². The van der Waals surface area contributed by atoms with Gasteiger partial charge in [0.1, 0.15) is 23.8 Å². The van der Waals surface area contributed by atoms with Gasteiger partial charge in [0, 0.05) is 22.8 Å². The first-order valence-corrected chi connectivity index (χ1v) is 15.8. The highest BCUT2D eigenvalue weighted by molar-refractivity contribution is 6.30. The van der Waals surface area contributed by atoms with Crippen LogP contribution in [0.25, 0.3) is 0 Å². The van der Waals surface area contributed by atoms with Crippen LogP contribution in [-0.4, -0.2) is 56.0 Å². The first-order valence-electron chi connectivity index (χ1n) is 15.8. The molecule has 3 rings (SSSR count). The average molecular weight is 567 g/mol. The monoisotopic (exact) mass is 566 g/mol. The fraction of sp³-hybridized carbons (Fsp3) is 0.600. The molecular weight excluding hydrogens is 514 g/mol. The summed E-state index contributed by atoms with van der Waals surface area (Å²) in [5.74, 6) is -0.166. The average Bonchev–Trinajstić information content (AvgIpc) is 2.94. The van der Waals surface area contributed by atoms with E-state index in [9.17, 15) is 14.7 Å². The number of nitrogens with zero attached hydrogens (tertiary/aromatic N) is 1. The Morgan fingerprint density at radius 2 is 1.20 bits per heavy atom. The van der Waals surface area contributed by atoms with Crippen LogP contribution in [0.5, 0.6) is 17.2 Å². The number of carbonyl (C=O) groups excluding carboxylic acids is 2. The van der Waals surface area contributed by atoms with E-state index in [4.69, 9.17) is 9.47 Å². The number of fused-ring (bicyclic) bond motifs is 2. The summed E-state index contributed by atoms with van der Waals surface area (Å²) in [6.45, 7) is 3.95. The van der Waals surface area contributed by atoms with Crippen LogP contribution < -0.4 is 9.47 Å². The van der Waals surface area contributed by atoms with Crippen LogP contribution in [0.1, 0.15) is 134 Å². The third kappa shape index (κ3) is 9.06. The second kappa shape index (κ2) is 16.0. The van der Waals surface area contributed by atoms with E-state index in [0.717, 1.165) is 23.0 Å². The number of aromatic hydroxyl groups is 1. The number of ketones is 2. The van der Waals surface area contributed by atoms with Crippen molar-refractivity contribution in [2.75, 3.05) is 34.9 Å². The number of carbonyl (C=O) groups is 2. The number of methoxy groups -OCH3 is 2. The lowest BCUT2D eigenvalue weighted by molar-refractivity contribution is -0.903. The molecule has 1 aliphatic rings. The highest BCUT2D eigenvalue weighted by Gasteiger charge is 2.36. The normalized spacial score (nSPS) is 12.8. The van der Waals surface area contributed by atoms with Gasteiger partial charge >= 0.3 is 0 Å². The van der Waals surface area contributed by atoms with E-state index in [2.05, 4.69) is 21.0 Å². The molecule has 226 valence electrons. The van der Waals surface area contributed by atoms with Crippen LogP contribution in [0.3, 0.4) is 0 Å². The molecule has 1 aliphatic carbocycles. The molecule has 0 aliphatic heterocycles. The summed E-state index contributed by atoms with van der Waals surface area (Å²) in [5, 5.41) is 10.9. The lowest BCUT2D eigenvalue weighted by Gasteiger charge is -2.30. The van der Waals surface area contributed by atoms with Gasteiger partial charge in [-0.3, -0.25) is 9.59 Å². The van der Waals surface area contributed by atoms with Crippen molar-refractivity contribution in [2.45, 2.75) is 103 Å². The number of phenolic OH excluding ortho intramolecular Hbond substituents is 1. The minimum absolute atomic E-state index is 0.0481. The third-order valence-electron chi connectivity index (χ3n) is 8.38. The van der Waals surface area contributed by atoms with E-state index in [-0.39, 0.29) is 39.5 Å². The van der Waals surface area contributed by atoms with E-state index < -0.39 is 5.78 Å². The van der Waals surface area contributed by atoms with Crippen molar-refractivity contribution < 1.29 is 28.7 Å². The molecule has 0 atom stereocenters. The summed E-state index contributed by atoms with van der Waals surface area (Å²) < 4.78 is 11.4. The molecule has 6 heteroatoms. The first-order chi connectivity index (χ1) is 19.7. The fourth-order valence-corrected chi connectivity index (χ4v) is 6.05. The molecule has 41 heavy (non-hydrogen) atoms. The predicted octanol–water partition coefficient (Wildman–Crippen LogP) is 8.24. The summed E-state index contributed by atoms with van der Waals surface area (Å²) >= 11 is 0. The Morgan fingerprint density at radius 3 is 1.73 bits per heavy atom. The molecule has 0 bridgehead atoms. The van der Waals surface area contributed by atoms with E-state index in [0.29, 0.717) is 12.3 Å². The van der Waals surface area contributed by atoms with Crippen molar-refractivity contribution in [3.8, 4) is 17.2 Å². The topological polar surface area (TPSA) is 72.8 Å². The zero-order chi connectivity index (χ0) is 29.8. The highest BCUT2D eigenvalue weighted by atomic mass is 16.5. The zero-order valence-electron chi connectivity index (χ0n) is 26.2. The van der Waals surface area contributed by atoms with Crippen LogP contribution in [0.15, 0.2) is 24.3 Å². The largest absolute Gasteiger partial charge is 0.507 e. The van der Waals surface area contributed by atoms with Gasteiger partial charge in [0.25, 0.3) is 0 Å². The van der Waals surface area contributed by atoms with Gasteiger partial charge < -0.3 is 19.1 Å². The van der Waals surface area contributed by atoms with Crippen LogP contribution >= 0.6 is 0 Å². The summed E-state index contributed by atoms with van der Waals surface area (Å²) in [4.78, 5) is 26.9. The summed E-state index contributed by atoms with van der Waals surface area (Å²) in [6.07, 6.45) is 18.8. The van der Waals surface area contributed by atoms with Crippen molar-refractivity contribution >= 4 is 11.6 Å². The Hall–Kier alpha value is -2.86. The molecule has 0 spiro atoms. The van der Waals surface area contributed by atoms with Crippen molar-refractivity contribution in [3.63, 3.8) is 0 Å². The van der Waals surface area contributed by atoms with Crippen molar-refractivity contribution in [1.82, 2.24) is 0 Å². The fourth-order valence-electron chi connectivity index (χ4n) is 6.05. The third-order valence-corrected chi connectivity index (χ3v) is 8.38. The molecule has 0 radical (unpaired) electrons. The number of hydrogen-bond acceptors (Lipinski definition) is 5. The Labute approximate surface area is 247 Å². The Kier molecular flexibility index (Phi) is 12.7. The van der Waals surface area contributed by atoms with Crippen molar-refractivity contribution in [1.29, 1.82) is 0 Å². The van der Waals surface area contributed by atoms with Gasteiger partial charge in [0.15, 0.2) is 5.78 Å². The molecule has 0 heterocycles. The minimum Gasteiger partial charge on any atom is -0.507 e. The molecule has 0 amide bonds. The van der Waals surface area contributed by atoms with Gasteiger partial charge in [0.2, 0.25) is 5.78 Å². The van der Waals surface area contributed by atoms with Crippen molar-refractivity contribution in [3.05, 3.63) is 52.1 Å². The molecular formula is C35H52NO5+. The second-order valence-electron chi connectivity index (χ2n) is 12.4. The number of rotatable bonds is 19. The molecule has 2 aromatic rings. The highest BCUT2D eigenvalue weighted by Crippen LogP contribution is 2.40. The number of ether oxygens (including phenoxy) is 2. The van der Waals surface area contributed by atoms with Crippen LogP contribution in [0.2, 0.25) is 0 Å². The lowest BCUT2D eigenvalue weighted by atomic mass is 9.82. The number of phenols is 1. The Bertz CT molecular complexity index is 1170. The van der Waals surface area contributed by atoms with Crippen LogP contribution in [-0.2, 0) is 6.54 Å². The summed E-state index contributed by atoms with van der Waals surface area (Å²) in [5.41, 5.74) is 1.54.